The topological polar surface area (TPSA) is 79.6 Å². The summed E-state index contributed by atoms with van der Waals surface area (Å²) < 4.78 is 32.4. The van der Waals surface area contributed by atoms with Gasteiger partial charge in [0.2, 0.25) is 10.0 Å². The molecule has 1 aliphatic rings. The molecule has 0 unspecified atom stereocenters. The molecule has 0 spiro atoms. The van der Waals surface area contributed by atoms with E-state index in [9.17, 15) is 13.2 Å². The Balaban J connectivity index is 1.70. The van der Waals surface area contributed by atoms with Gasteiger partial charge in [0.1, 0.15) is 5.76 Å². The van der Waals surface area contributed by atoms with Crippen molar-refractivity contribution >= 4 is 21.6 Å². The summed E-state index contributed by atoms with van der Waals surface area (Å²) in [6.07, 6.45) is 1.70. The molecular weight excluding hydrogens is 352 g/mol. The predicted octanol–water partition coefficient (Wildman–Crippen LogP) is 3.65. The van der Waals surface area contributed by atoms with Crippen molar-refractivity contribution in [3.63, 3.8) is 0 Å². The van der Waals surface area contributed by atoms with Gasteiger partial charge < -0.3 is 9.73 Å². The summed E-state index contributed by atoms with van der Waals surface area (Å²) in [7, 11) is -3.50. The van der Waals surface area contributed by atoms with E-state index in [2.05, 4.69) is 19.2 Å². The minimum atomic E-state index is -3.50. The number of amides is 1. The van der Waals surface area contributed by atoms with Crippen molar-refractivity contribution in [2.24, 2.45) is 5.41 Å². The molecule has 26 heavy (non-hydrogen) atoms. The lowest BCUT2D eigenvalue weighted by molar-refractivity contribution is 0.0995. The average molecular weight is 376 g/mol. The highest BCUT2D eigenvalue weighted by molar-refractivity contribution is 7.89. The maximum absolute atomic E-state index is 12.8. The molecule has 1 fully saturated rings. The SMILES string of the molecule is Cc1ccc(C(=O)Nc2ccc(S(=O)(=O)N3CCC(C)(C)CC3)cc2)o1. The zero-order valence-electron chi connectivity index (χ0n) is 15.3. The van der Waals surface area contributed by atoms with Crippen LogP contribution in [0.3, 0.4) is 0 Å². The molecule has 1 aromatic carbocycles. The van der Waals surface area contributed by atoms with E-state index >= 15 is 0 Å². The number of rotatable bonds is 4. The quantitative estimate of drug-likeness (QED) is 0.883. The molecule has 2 aromatic rings. The van der Waals surface area contributed by atoms with Crippen LogP contribution in [0.25, 0.3) is 0 Å². The van der Waals surface area contributed by atoms with E-state index in [-0.39, 0.29) is 22.0 Å². The monoisotopic (exact) mass is 376 g/mol. The van der Waals surface area contributed by atoms with Crippen molar-refractivity contribution in [2.75, 3.05) is 18.4 Å². The minimum Gasteiger partial charge on any atom is -0.456 e. The number of hydrogen-bond donors (Lipinski definition) is 1. The number of anilines is 1. The number of furan rings is 1. The van der Waals surface area contributed by atoms with Crippen molar-refractivity contribution < 1.29 is 17.6 Å². The third-order valence-corrected chi connectivity index (χ3v) is 6.70. The second-order valence-electron chi connectivity index (χ2n) is 7.46. The van der Waals surface area contributed by atoms with Crippen molar-refractivity contribution in [3.8, 4) is 0 Å². The third kappa shape index (κ3) is 3.99. The Hall–Kier alpha value is -2.12. The van der Waals surface area contributed by atoms with Gasteiger partial charge in [0.15, 0.2) is 5.76 Å². The Labute approximate surface area is 154 Å². The molecule has 6 nitrogen and oxygen atoms in total. The zero-order valence-corrected chi connectivity index (χ0v) is 16.1. The van der Waals surface area contributed by atoms with Crippen LogP contribution in [0.1, 0.15) is 43.0 Å². The van der Waals surface area contributed by atoms with Crippen LogP contribution < -0.4 is 5.32 Å². The Morgan fingerprint density at radius 1 is 1.08 bits per heavy atom. The summed E-state index contributed by atoms with van der Waals surface area (Å²) in [4.78, 5) is 12.3. The van der Waals surface area contributed by atoms with Gasteiger partial charge in [-0.2, -0.15) is 4.31 Å². The van der Waals surface area contributed by atoms with Gasteiger partial charge in [0.25, 0.3) is 5.91 Å². The summed E-state index contributed by atoms with van der Waals surface area (Å²) in [5.74, 6) is 0.503. The fraction of sp³-hybridized carbons (Fsp3) is 0.421. The molecule has 0 atom stereocenters. The van der Waals surface area contributed by atoms with E-state index in [0.29, 0.717) is 24.5 Å². The van der Waals surface area contributed by atoms with Gasteiger partial charge in [-0.1, -0.05) is 13.8 Å². The lowest BCUT2D eigenvalue weighted by atomic mass is 9.83. The van der Waals surface area contributed by atoms with Gasteiger partial charge in [-0.25, -0.2) is 8.42 Å². The van der Waals surface area contributed by atoms with Crippen molar-refractivity contribution in [1.29, 1.82) is 0 Å². The van der Waals surface area contributed by atoms with Crippen LogP contribution in [0.4, 0.5) is 5.69 Å². The molecule has 7 heteroatoms. The smallest absolute Gasteiger partial charge is 0.291 e. The van der Waals surface area contributed by atoms with E-state index in [1.165, 1.54) is 16.4 Å². The molecule has 0 radical (unpaired) electrons. The van der Waals surface area contributed by atoms with Crippen molar-refractivity contribution in [2.45, 2.75) is 38.5 Å². The largest absolute Gasteiger partial charge is 0.456 e. The molecule has 1 aromatic heterocycles. The molecule has 1 aliphatic heterocycles. The highest BCUT2D eigenvalue weighted by Crippen LogP contribution is 2.32. The first-order valence-electron chi connectivity index (χ1n) is 8.65. The number of benzene rings is 1. The van der Waals surface area contributed by atoms with Gasteiger partial charge in [-0.15, -0.1) is 0 Å². The molecular formula is C19H24N2O4S. The van der Waals surface area contributed by atoms with E-state index in [1.54, 1.807) is 31.2 Å². The lowest BCUT2D eigenvalue weighted by Gasteiger charge is -2.36. The molecule has 140 valence electrons. The molecule has 2 heterocycles. The second kappa shape index (κ2) is 6.89. The molecule has 0 bridgehead atoms. The highest BCUT2D eigenvalue weighted by Gasteiger charge is 2.32. The fourth-order valence-corrected chi connectivity index (χ4v) is 4.38. The molecule has 1 amide bonds. The minimum absolute atomic E-state index is 0.185. The van der Waals surface area contributed by atoms with Crippen LogP contribution in [-0.2, 0) is 10.0 Å². The Bertz CT molecular complexity index is 888. The van der Waals surface area contributed by atoms with Gasteiger partial charge >= 0.3 is 0 Å². The number of nitrogens with one attached hydrogen (secondary N) is 1. The second-order valence-corrected chi connectivity index (χ2v) is 9.40. The van der Waals surface area contributed by atoms with Crippen LogP contribution in [0, 0.1) is 12.3 Å². The van der Waals surface area contributed by atoms with Gasteiger partial charge in [-0.05, 0) is 61.6 Å². The van der Waals surface area contributed by atoms with E-state index in [4.69, 9.17) is 4.42 Å². The third-order valence-electron chi connectivity index (χ3n) is 4.79. The zero-order chi connectivity index (χ0) is 18.9. The summed E-state index contributed by atoms with van der Waals surface area (Å²) in [5.41, 5.74) is 0.701. The summed E-state index contributed by atoms with van der Waals surface area (Å²) in [6, 6.07) is 9.55. The van der Waals surface area contributed by atoms with Crippen molar-refractivity contribution in [1.82, 2.24) is 4.31 Å². The Kier molecular flexibility index (Phi) is 4.94. The number of sulfonamides is 1. The Morgan fingerprint density at radius 2 is 1.69 bits per heavy atom. The standard InChI is InChI=1S/C19H24N2O4S/c1-14-4-9-17(25-14)18(22)20-15-5-7-16(8-6-15)26(23,24)21-12-10-19(2,3)11-13-21/h4-9H,10-13H2,1-3H3,(H,20,22). The average Bonchev–Trinajstić information content (AvgIpc) is 3.01. The van der Waals surface area contributed by atoms with Crippen LogP contribution in [-0.4, -0.2) is 31.7 Å². The van der Waals surface area contributed by atoms with Crippen LogP contribution in [0.15, 0.2) is 45.7 Å². The number of nitrogens with zero attached hydrogens (tertiary/aromatic N) is 1. The van der Waals surface area contributed by atoms with Crippen molar-refractivity contribution in [3.05, 3.63) is 47.9 Å². The summed E-state index contributed by atoms with van der Waals surface area (Å²) in [6.45, 7) is 7.15. The number of aryl methyl sites for hydroxylation is 1. The van der Waals surface area contributed by atoms with Crippen LogP contribution in [0.2, 0.25) is 0 Å². The number of piperidine rings is 1. The van der Waals surface area contributed by atoms with Crippen LogP contribution >= 0.6 is 0 Å². The molecule has 1 N–H and O–H groups in total. The maximum Gasteiger partial charge on any atom is 0.291 e. The number of hydrogen-bond acceptors (Lipinski definition) is 4. The van der Waals surface area contributed by atoms with E-state index < -0.39 is 10.0 Å². The van der Waals surface area contributed by atoms with E-state index in [1.807, 2.05) is 0 Å². The Morgan fingerprint density at radius 3 is 2.23 bits per heavy atom. The lowest BCUT2D eigenvalue weighted by Crippen LogP contribution is -2.41. The molecule has 1 saturated heterocycles. The van der Waals surface area contributed by atoms with Gasteiger partial charge in [0.05, 0.1) is 4.90 Å². The first-order valence-corrected chi connectivity index (χ1v) is 10.1. The first kappa shape index (κ1) is 18.7. The van der Waals surface area contributed by atoms with Gasteiger partial charge in [0, 0.05) is 18.8 Å². The van der Waals surface area contributed by atoms with Crippen LogP contribution in [0.5, 0.6) is 0 Å². The first-order chi connectivity index (χ1) is 12.2. The number of carbonyl (C=O) groups is 1. The molecule has 0 aliphatic carbocycles. The molecule has 3 rings (SSSR count). The highest BCUT2D eigenvalue weighted by atomic mass is 32.2. The van der Waals surface area contributed by atoms with E-state index in [0.717, 1.165) is 12.8 Å². The maximum atomic E-state index is 12.8. The van der Waals surface area contributed by atoms with Gasteiger partial charge in [-0.3, -0.25) is 4.79 Å². The number of carbonyl (C=O) groups excluding carboxylic acids is 1. The normalized spacial score (nSPS) is 17.8. The summed E-state index contributed by atoms with van der Waals surface area (Å²) in [5, 5.41) is 2.70. The predicted molar refractivity (Wildman–Crippen MR) is 99.6 cm³/mol. The molecule has 0 saturated carbocycles. The fourth-order valence-electron chi connectivity index (χ4n) is 2.94. The summed E-state index contributed by atoms with van der Waals surface area (Å²) >= 11 is 0.